The fraction of sp³-hybridized carbons (Fsp3) is 0.263. The van der Waals surface area contributed by atoms with Gasteiger partial charge in [-0.05, 0) is 17.7 Å². The van der Waals surface area contributed by atoms with Gasteiger partial charge in [-0.25, -0.2) is 0 Å². The van der Waals surface area contributed by atoms with Gasteiger partial charge in [0.1, 0.15) is 0 Å². The maximum atomic E-state index is 6.19. The van der Waals surface area contributed by atoms with E-state index in [1.165, 1.54) is 5.56 Å². The summed E-state index contributed by atoms with van der Waals surface area (Å²) in [5.41, 5.74) is 1.95. The predicted octanol–water partition coefficient (Wildman–Crippen LogP) is 3.96. The molecule has 1 fully saturated rings. The third-order valence-electron chi connectivity index (χ3n) is 4.25. The third-order valence-corrected chi connectivity index (χ3v) is 4.58. The summed E-state index contributed by atoms with van der Waals surface area (Å²) in [5.74, 6) is 1.04. The van der Waals surface area contributed by atoms with Gasteiger partial charge in [0.15, 0.2) is 0 Å². The molecular formula is C19H18ClN3O2. The first-order valence-electron chi connectivity index (χ1n) is 8.26. The van der Waals surface area contributed by atoms with Crippen molar-refractivity contribution in [2.75, 3.05) is 19.7 Å². The van der Waals surface area contributed by atoms with Crippen molar-refractivity contribution in [2.24, 2.45) is 0 Å². The lowest BCUT2D eigenvalue weighted by atomic mass is 10.1. The average molecular weight is 356 g/mol. The van der Waals surface area contributed by atoms with Gasteiger partial charge < -0.3 is 9.15 Å². The van der Waals surface area contributed by atoms with Gasteiger partial charge in [-0.2, -0.15) is 0 Å². The van der Waals surface area contributed by atoms with Crippen molar-refractivity contribution < 1.29 is 9.15 Å². The van der Waals surface area contributed by atoms with Crippen LogP contribution >= 0.6 is 11.6 Å². The summed E-state index contributed by atoms with van der Waals surface area (Å²) >= 11 is 6.19. The highest BCUT2D eigenvalue weighted by atomic mass is 35.5. The highest BCUT2D eigenvalue weighted by molar-refractivity contribution is 6.33. The number of hydrogen-bond acceptors (Lipinski definition) is 5. The number of morpholine rings is 1. The minimum Gasteiger partial charge on any atom is -0.419 e. The van der Waals surface area contributed by atoms with Crippen LogP contribution in [-0.4, -0.2) is 34.8 Å². The SMILES string of the molecule is Clc1ccccc1-c1nnc(CN2CCOC(c3ccccc3)C2)o1. The summed E-state index contributed by atoms with van der Waals surface area (Å²) < 4.78 is 11.7. The highest BCUT2D eigenvalue weighted by Gasteiger charge is 2.23. The number of halogens is 1. The van der Waals surface area contributed by atoms with Crippen LogP contribution in [0.4, 0.5) is 0 Å². The fourth-order valence-corrected chi connectivity index (χ4v) is 3.18. The van der Waals surface area contributed by atoms with Crippen LogP contribution in [0.3, 0.4) is 0 Å². The smallest absolute Gasteiger partial charge is 0.249 e. The Labute approximate surface area is 151 Å². The number of benzene rings is 2. The summed E-state index contributed by atoms with van der Waals surface area (Å²) in [4.78, 5) is 2.27. The molecule has 0 spiro atoms. The second-order valence-electron chi connectivity index (χ2n) is 5.99. The predicted molar refractivity (Wildman–Crippen MR) is 95.2 cm³/mol. The van der Waals surface area contributed by atoms with Crippen LogP contribution in [-0.2, 0) is 11.3 Å². The molecule has 0 N–H and O–H groups in total. The second kappa shape index (κ2) is 7.35. The molecule has 1 saturated heterocycles. The molecule has 2 aromatic carbocycles. The number of aromatic nitrogens is 2. The Hall–Kier alpha value is -2.21. The summed E-state index contributed by atoms with van der Waals surface area (Å²) in [5, 5.41) is 8.90. The Kier molecular flexibility index (Phi) is 4.78. The second-order valence-corrected chi connectivity index (χ2v) is 6.39. The molecule has 3 aromatic rings. The zero-order chi connectivity index (χ0) is 17.1. The van der Waals surface area contributed by atoms with Gasteiger partial charge in [0, 0.05) is 13.1 Å². The normalized spacial score (nSPS) is 18.4. The van der Waals surface area contributed by atoms with E-state index in [4.69, 9.17) is 20.8 Å². The van der Waals surface area contributed by atoms with Gasteiger partial charge in [0.25, 0.3) is 0 Å². The Morgan fingerprint density at radius 1 is 1.04 bits per heavy atom. The minimum atomic E-state index is 0.0703. The molecule has 0 aliphatic carbocycles. The van der Waals surface area contributed by atoms with E-state index in [0.29, 0.717) is 30.0 Å². The van der Waals surface area contributed by atoms with Crippen LogP contribution < -0.4 is 0 Å². The molecule has 0 saturated carbocycles. The Morgan fingerprint density at radius 2 is 1.84 bits per heavy atom. The largest absolute Gasteiger partial charge is 0.419 e. The molecule has 1 unspecified atom stereocenters. The number of rotatable bonds is 4. The molecular weight excluding hydrogens is 338 g/mol. The molecule has 25 heavy (non-hydrogen) atoms. The molecule has 6 heteroatoms. The standard InChI is InChI=1S/C19H18ClN3O2/c20-16-9-5-4-8-15(16)19-22-21-18(25-19)13-23-10-11-24-17(12-23)14-6-2-1-3-7-14/h1-9,17H,10-13H2. The first kappa shape index (κ1) is 16.3. The average Bonchev–Trinajstić information content (AvgIpc) is 3.11. The monoisotopic (exact) mass is 355 g/mol. The first-order chi connectivity index (χ1) is 12.3. The van der Waals surface area contributed by atoms with Crippen LogP contribution in [0.25, 0.3) is 11.5 Å². The summed E-state index contributed by atoms with van der Waals surface area (Å²) in [6.07, 6.45) is 0.0703. The molecule has 1 aliphatic heterocycles. The quantitative estimate of drug-likeness (QED) is 0.709. The number of ether oxygens (including phenoxy) is 1. The van der Waals surface area contributed by atoms with Crippen LogP contribution in [0.1, 0.15) is 17.6 Å². The van der Waals surface area contributed by atoms with Gasteiger partial charge in [0.05, 0.1) is 29.8 Å². The van der Waals surface area contributed by atoms with Crippen molar-refractivity contribution in [1.82, 2.24) is 15.1 Å². The Morgan fingerprint density at radius 3 is 2.68 bits per heavy atom. The summed E-state index contributed by atoms with van der Waals surface area (Å²) in [7, 11) is 0. The van der Waals surface area contributed by atoms with Crippen LogP contribution in [0.15, 0.2) is 59.0 Å². The lowest BCUT2D eigenvalue weighted by molar-refractivity contribution is -0.0351. The molecule has 5 nitrogen and oxygen atoms in total. The van der Waals surface area contributed by atoms with Gasteiger partial charge in [-0.3, -0.25) is 4.90 Å². The van der Waals surface area contributed by atoms with Crippen LogP contribution in [0.2, 0.25) is 5.02 Å². The molecule has 1 atom stereocenters. The zero-order valence-electron chi connectivity index (χ0n) is 13.6. The molecule has 1 aliphatic rings. The van der Waals surface area contributed by atoms with E-state index in [1.807, 2.05) is 42.5 Å². The minimum absolute atomic E-state index is 0.0703. The van der Waals surface area contributed by atoms with Crippen molar-refractivity contribution in [3.05, 3.63) is 71.1 Å². The Bertz CT molecular complexity index is 837. The lowest BCUT2D eigenvalue weighted by Gasteiger charge is -2.32. The maximum absolute atomic E-state index is 6.19. The van der Waals surface area contributed by atoms with Gasteiger partial charge in [-0.1, -0.05) is 54.1 Å². The molecule has 128 valence electrons. The van der Waals surface area contributed by atoms with E-state index in [9.17, 15) is 0 Å². The van der Waals surface area contributed by atoms with Crippen LogP contribution in [0.5, 0.6) is 0 Å². The molecule has 0 bridgehead atoms. The van der Waals surface area contributed by atoms with E-state index in [-0.39, 0.29) is 6.10 Å². The molecule has 1 aromatic heterocycles. The van der Waals surface area contributed by atoms with Gasteiger partial charge in [0.2, 0.25) is 11.8 Å². The van der Waals surface area contributed by atoms with Gasteiger partial charge in [-0.15, -0.1) is 10.2 Å². The van der Waals surface area contributed by atoms with Crippen molar-refractivity contribution >= 4 is 11.6 Å². The van der Waals surface area contributed by atoms with Crippen molar-refractivity contribution in [3.63, 3.8) is 0 Å². The van der Waals surface area contributed by atoms with E-state index in [0.717, 1.165) is 18.7 Å². The van der Waals surface area contributed by atoms with Crippen molar-refractivity contribution in [3.8, 4) is 11.5 Å². The molecule has 0 radical (unpaired) electrons. The lowest BCUT2D eigenvalue weighted by Crippen LogP contribution is -2.37. The molecule has 0 amide bonds. The summed E-state index contributed by atoms with van der Waals surface area (Å²) in [6, 6.07) is 17.7. The maximum Gasteiger partial charge on any atom is 0.249 e. The van der Waals surface area contributed by atoms with Crippen LogP contribution in [0, 0.1) is 0 Å². The zero-order valence-corrected chi connectivity index (χ0v) is 14.4. The highest BCUT2D eigenvalue weighted by Crippen LogP contribution is 2.27. The number of hydrogen-bond donors (Lipinski definition) is 0. The molecule has 2 heterocycles. The van der Waals surface area contributed by atoms with Crippen molar-refractivity contribution in [1.29, 1.82) is 0 Å². The number of nitrogens with zero attached hydrogens (tertiary/aromatic N) is 3. The van der Waals surface area contributed by atoms with Gasteiger partial charge >= 0.3 is 0 Å². The Balaban J connectivity index is 1.45. The fourth-order valence-electron chi connectivity index (χ4n) is 2.97. The molecule has 4 rings (SSSR count). The van der Waals surface area contributed by atoms with E-state index < -0.39 is 0 Å². The van der Waals surface area contributed by atoms with E-state index in [2.05, 4.69) is 27.2 Å². The summed E-state index contributed by atoms with van der Waals surface area (Å²) in [6.45, 7) is 2.93. The third kappa shape index (κ3) is 3.74. The topological polar surface area (TPSA) is 51.4 Å². The first-order valence-corrected chi connectivity index (χ1v) is 8.63. The van der Waals surface area contributed by atoms with Crippen molar-refractivity contribution in [2.45, 2.75) is 12.6 Å². The van der Waals surface area contributed by atoms with E-state index in [1.54, 1.807) is 0 Å². The van der Waals surface area contributed by atoms with E-state index >= 15 is 0 Å².